The molecule has 0 spiro atoms. The van der Waals surface area contributed by atoms with Crippen molar-refractivity contribution in [2.75, 3.05) is 18.8 Å². The SMILES string of the molecule is CC(C)(C)OC(=O)N(CCNC1C=CS(=O)(=O)C1)C(C)(C)C. The topological polar surface area (TPSA) is 75.7 Å². The minimum absolute atomic E-state index is 0.0783. The first kappa shape index (κ1) is 19.0. The number of carbonyl (C=O) groups excluding carboxylic acids is 1. The van der Waals surface area contributed by atoms with E-state index in [-0.39, 0.29) is 23.4 Å². The minimum Gasteiger partial charge on any atom is -0.444 e. The number of nitrogens with zero attached hydrogens (tertiary/aromatic N) is 1. The summed E-state index contributed by atoms with van der Waals surface area (Å²) in [6, 6.07) is -0.189. The molecule has 0 aromatic heterocycles. The van der Waals surface area contributed by atoms with Crippen LogP contribution in [0, 0.1) is 0 Å². The van der Waals surface area contributed by atoms with Crippen molar-refractivity contribution in [2.24, 2.45) is 0 Å². The van der Waals surface area contributed by atoms with Crippen molar-refractivity contribution in [3.05, 3.63) is 11.5 Å². The Morgan fingerprint density at radius 1 is 1.27 bits per heavy atom. The molecule has 1 aliphatic rings. The molecule has 1 amide bonds. The van der Waals surface area contributed by atoms with E-state index >= 15 is 0 Å². The standard InChI is InChI=1S/C15H28N2O4S/c1-14(2,3)17(13(18)21-15(4,5)6)9-8-16-12-7-10-22(19,20)11-12/h7,10,12,16H,8-9,11H2,1-6H3. The first-order valence-electron chi connectivity index (χ1n) is 7.45. The third kappa shape index (κ3) is 6.36. The summed E-state index contributed by atoms with van der Waals surface area (Å²) in [6.45, 7) is 12.3. The zero-order valence-corrected chi connectivity index (χ0v) is 15.2. The van der Waals surface area contributed by atoms with E-state index in [1.54, 1.807) is 11.0 Å². The summed E-state index contributed by atoms with van der Waals surface area (Å²) in [6.07, 6.45) is 1.28. The fraction of sp³-hybridized carbons (Fsp3) is 0.800. The molecule has 1 atom stereocenters. The smallest absolute Gasteiger partial charge is 0.410 e. The lowest BCUT2D eigenvalue weighted by molar-refractivity contribution is 0.00657. The van der Waals surface area contributed by atoms with E-state index in [1.165, 1.54) is 5.41 Å². The van der Waals surface area contributed by atoms with Gasteiger partial charge in [0.2, 0.25) is 0 Å². The quantitative estimate of drug-likeness (QED) is 0.851. The van der Waals surface area contributed by atoms with Crippen LogP contribution in [0.15, 0.2) is 11.5 Å². The lowest BCUT2D eigenvalue weighted by Gasteiger charge is -2.37. The normalized spacial score (nSPS) is 20.9. The highest BCUT2D eigenvalue weighted by molar-refractivity contribution is 7.94. The van der Waals surface area contributed by atoms with Gasteiger partial charge in [-0.25, -0.2) is 13.2 Å². The molecule has 22 heavy (non-hydrogen) atoms. The summed E-state index contributed by atoms with van der Waals surface area (Å²) in [5.74, 6) is 0.0783. The van der Waals surface area contributed by atoms with Gasteiger partial charge in [0.25, 0.3) is 0 Å². The summed E-state index contributed by atoms with van der Waals surface area (Å²) in [5.41, 5.74) is -0.919. The Bertz CT molecular complexity index is 527. The van der Waals surface area contributed by atoms with Gasteiger partial charge in [-0.2, -0.15) is 0 Å². The number of nitrogens with one attached hydrogen (secondary N) is 1. The highest BCUT2D eigenvalue weighted by Gasteiger charge is 2.30. The van der Waals surface area contributed by atoms with Gasteiger partial charge in [0, 0.05) is 30.1 Å². The summed E-state index contributed by atoms with van der Waals surface area (Å²) in [4.78, 5) is 14.0. The van der Waals surface area contributed by atoms with Gasteiger partial charge in [0.15, 0.2) is 9.84 Å². The molecule has 0 bridgehead atoms. The zero-order valence-electron chi connectivity index (χ0n) is 14.3. The molecule has 0 radical (unpaired) electrons. The fourth-order valence-electron chi connectivity index (χ4n) is 2.08. The summed E-state index contributed by atoms with van der Waals surface area (Å²) >= 11 is 0. The maximum Gasteiger partial charge on any atom is 0.410 e. The molecule has 7 heteroatoms. The van der Waals surface area contributed by atoms with E-state index in [9.17, 15) is 13.2 Å². The first-order valence-corrected chi connectivity index (χ1v) is 9.17. The van der Waals surface area contributed by atoms with Crippen molar-refractivity contribution in [3.63, 3.8) is 0 Å². The second-order valence-corrected chi connectivity index (χ2v) is 9.45. The van der Waals surface area contributed by atoms with Crippen molar-refractivity contribution in [1.82, 2.24) is 10.2 Å². The molecule has 0 aliphatic carbocycles. The molecule has 1 rings (SSSR count). The van der Waals surface area contributed by atoms with Crippen LogP contribution < -0.4 is 5.32 Å². The largest absolute Gasteiger partial charge is 0.444 e. The monoisotopic (exact) mass is 332 g/mol. The molecule has 1 aliphatic heterocycles. The van der Waals surface area contributed by atoms with E-state index in [0.717, 1.165) is 0 Å². The van der Waals surface area contributed by atoms with Crippen molar-refractivity contribution in [3.8, 4) is 0 Å². The molecule has 1 unspecified atom stereocenters. The Hall–Kier alpha value is -1.08. The van der Waals surface area contributed by atoms with Crippen LogP contribution in [0.2, 0.25) is 0 Å². The number of carbonyl (C=O) groups is 1. The fourth-order valence-corrected chi connectivity index (χ4v) is 3.35. The highest BCUT2D eigenvalue weighted by Crippen LogP contribution is 2.18. The molecule has 128 valence electrons. The Kier molecular flexibility index (Phi) is 5.67. The van der Waals surface area contributed by atoms with E-state index in [0.29, 0.717) is 13.1 Å². The lowest BCUT2D eigenvalue weighted by Crippen LogP contribution is -2.51. The number of hydrogen-bond donors (Lipinski definition) is 1. The van der Waals surface area contributed by atoms with Crippen LogP contribution in [0.3, 0.4) is 0 Å². The van der Waals surface area contributed by atoms with Gasteiger partial charge in [-0.05, 0) is 41.5 Å². The Morgan fingerprint density at radius 2 is 1.86 bits per heavy atom. The van der Waals surface area contributed by atoms with Crippen LogP contribution in [0.1, 0.15) is 41.5 Å². The van der Waals surface area contributed by atoms with E-state index in [2.05, 4.69) is 5.32 Å². The molecule has 1 N–H and O–H groups in total. The summed E-state index contributed by atoms with van der Waals surface area (Å²) < 4.78 is 28.1. The molecular weight excluding hydrogens is 304 g/mol. The number of sulfone groups is 1. The van der Waals surface area contributed by atoms with Crippen molar-refractivity contribution in [2.45, 2.75) is 58.7 Å². The molecule has 6 nitrogen and oxygen atoms in total. The predicted molar refractivity (Wildman–Crippen MR) is 87.4 cm³/mol. The van der Waals surface area contributed by atoms with Crippen LogP contribution in [-0.4, -0.2) is 55.4 Å². The van der Waals surface area contributed by atoms with Gasteiger partial charge >= 0.3 is 6.09 Å². The molecule has 0 saturated heterocycles. The van der Waals surface area contributed by atoms with E-state index < -0.39 is 15.4 Å². The van der Waals surface area contributed by atoms with Crippen LogP contribution in [0.25, 0.3) is 0 Å². The van der Waals surface area contributed by atoms with Crippen LogP contribution in [-0.2, 0) is 14.6 Å². The van der Waals surface area contributed by atoms with E-state index in [4.69, 9.17) is 4.74 Å². The van der Waals surface area contributed by atoms with Crippen molar-refractivity contribution < 1.29 is 17.9 Å². The second-order valence-electron chi connectivity index (χ2n) is 7.52. The van der Waals surface area contributed by atoms with Gasteiger partial charge in [0.1, 0.15) is 5.60 Å². The average Bonchev–Trinajstić information content (AvgIpc) is 2.60. The number of ether oxygens (including phenoxy) is 1. The van der Waals surface area contributed by atoms with Gasteiger partial charge in [-0.3, -0.25) is 0 Å². The Morgan fingerprint density at radius 3 is 2.27 bits per heavy atom. The predicted octanol–water partition coefficient (Wildman–Crippen LogP) is 1.92. The molecule has 1 heterocycles. The number of hydrogen-bond acceptors (Lipinski definition) is 5. The van der Waals surface area contributed by atoms with Gasteiger partial charge in [-0.15, -0.1) is 0 Å². The van der Waals surface area contributed by atoms with Crippen LogP contribution in [0.5, 0.6) is 0 Å². The van der Waals surface area contributed by atoms with Gasteiger partial charge in [0.05, 0.1) is 5.75 Å². The maximum atomic E-state index is 12.3. The van der Waals surface area contributed by atoms with Crippen LogP contribution in [0.4, 0.5) is 4.79 Å². The summed E-state index contributed by atoms with van der Waals surface area (Å²) in [5, 5.41) is 4.38. The third-order valence-corrected chi connectivity index (χ3v) is 4.49. The van der Waals surface area contributed by atoms with Gasteiger partial charge in [-0.1, -0.05) is 6.08 Å². The molecule has 0 saturated carbocycles. The second kappa shape index (κ2) is 6.58. The Balaban J connectivity index is 2.57. The van der Waals surface area contributed by atoms with Gasteiger partial charge < -0.3 is 15.0 Å². The lowest BCUT2D eigenvalue weighted by atomic mass is 10.1. The average molecular weight is 332 g/mol. The first-order chi connectivity index (χ1) is 9.80. The minimum atomic E-state index is -3.06. The number of rotatable bonds is 4. The third-order valence-electron chi connectivity index (χ3n) is 3.10. The highest BCUT2D eigenvalue weighted by atomic mass is 32.2. The molecule has 0 aromatic rings. The summed E-state index contributed by atoms with van der Waals surface area (Å²) in [7, 11) is -3.06. The Labute approximate surface area is 133 Å². The molecular formula is C15H28N2O4S. The maximum absolute atomic E-state index is 12.3. The molecule has 0 fully saturated rings. The zero-order chi connectivity index (χ0) is 17.2. The van der Waals surface area contributed by atoms with Crippen molar-refractivity contribution >= 4 is 15.9 Å². The van der Waals surface area contributed by atoms with Crippen LogP contribution >= 0.6 is 0 Å². The van der Waals surface area contributed by atoms with Crippen molar-refractivity contribution in [1.29, 1.82) is 0 Å². The van der Waals surface area contributed by atoms with E-state index in [1.807, 2.05) is 41.5 Å². The number of amides is 1. The molecule has 0 aromatic carbocycles.